The molecule has 0 radical (unpaired) electrons. The van der Waals surface area contributed by atoms with Crippen LogP contribution in [0.4, 0.5) is 0 Å². The van der Waals surface area contributed by atoms with Crippen molar-refractivity contribution in [3.8, 4) is 0 Å². The molecule has 1 amide bonds. The topological polar surface area (TPSA) is 55.1 Å². The fourth-order valence-electron chi connectivity index (χ4n) is 3.19. The molecule has 5 heteroatoms. The number of hydrogen-bond acceptors (Lipinski definition) is 3. The molecule has 0 saturated heterocycles. The lowest BCUT2D eigenvalue weighted by atomic mass is 9.79. The molecule has 122 valence electrons. The predicted molar refractivity (Wildman–Crippen MR) is 98.3 cm³/mol. The van der Waals surface area contributed by atoms with Gasteiger partial charge in [0.15, 0.2) is 0 Å². The fraction of sp³-hybridized carbons (Fsp3) is 0.588. The van der Waals surface area contributed by atoms with Gasteiger partial charge in [0.1, 0.15) is 0 Å². The monoisotopic (exact) mass is 384 g/mol. The Morgan fingerprint density at radius 1 is 1.36 bits per heavy atom. The number of carbonyl (C=O) groups is 1. The number of nitrogens with two attached hydrogens (primary N) is 1. The molecular formula is C17H25BrN2OS. The lowest BCUT2D eigenvalue weighted by Gasteiger charge is -2.30. The van der Waals surface area contributed by atoms with E-state index in [1.807, 2.05) is 6.26 Å². The van der Waals surface area contributed by atoms with E-state index in [2.05, 4.69) is 45.5 Å². The largest absolute Gasteiger partial charge is 0.354 e. The van der Waals surface area contributed by atoms with Gasteiger partial charge in [-0.15, -0.1) is 0 Å². The maximum absolute atomic E-state index is 12.2. The number of amides is 1. The van der Waals surface area contributed by atoms with E-state index in [0.717, 1.165) is 29.5 Å². The summed E-state index contributed by atoms with van der Waals surface area (Å²) in [6.07, 6.45) is 7.49. The number of carbonyl (C=O) groups excluding carboxylic acids is 1. The van der Waals surface area contributed by atoms with Crippen LogP contribution in [0.2, 0.25) is 0 Å². The van der Waals surface area contributed by atoms with Gasteiger partial charge in [-0.3, -0.25) is 4.79 Å². The van der Waals surface area contributed by atoms with E-state index in [0.29, 0.717) is 6.54 Å². The summed E-state index contributed by atoms with van der Waals surface area (Å²) in [5, 5.41) is 3.10. The molecule has 0 heterocycles. The van der Waals surface area contributed by atoms with E-state index in [-0.39, 0.29) is 11.3 Å². The van der Waals surface area contributed by atoms with Gasteiger partial charge in [0.05, 0.1) is 6.04 Å². The van der Waals surface area contributed by atoms with Crippen molar-refractivity contribution in [3.63, 3.8) is 0 Å². The molecule has 0 aromatic heterocycles. The third-order valence-corrected chi connectivity index (χ3v) is 5.76. The van der Waals surface area contributed by atoms with E-state index in [1.165, 1.54) is 18.4 Å². The number of nitrogens with one attached hydrogen (secondary N) is 1. The highest BCUT2D eigenvalue weighted by atomic mass is 79.9. The first kappa shape index (κ1) is 17.8. The van der Waals surface area contributed by atoms with E-state index in [9.17, 15) is 4.79 Å². The van der Waals surface area contributed by atoms with Crippen molar-refractivity contribution in [2.75, 3.05) is 18.6 Å². The normalized spacial score (nSPS) is 18.1. The van der Waals surface area contributed by atoms with Gasteiger partial charge in [0.25, 0.3) is 0 Å². The van der Waals surface area contributed by atoms with Gasteiger partial charge < -0.3 is 11.1 Å². The third kappa shape index (κ3) is 4.49. The number of benzene rings is 1. The highest BCUT2D eigenvalue weighted by molar-refractivity contribution is 9.10. The number of thioether (sulfide) groups is 1. The van der Waals surface area contributed by atoms with E-state index in [1.54, 1.807) is 11.8 Å². The van der Waals surface area contributed by atoms with E-state index < -0.39 is 6.04 Å². The van der Waals surface area contributed by atoms with Crippen LogP contribution in [-0.2, 0) is 10.2 Å². The molecule has 3 nitrogen and oxygen atoms in total. The summed E-state index contributed by atoms with van der Waals surface area (Å²) in [4.78, 5) is 12.2. The zero-order chi connectivity index (χ0) is 16.0. The molecule has 0 spiro atoms. The van der Waals surface area contributed by atoms with Crippen molar-refractivity contribution in [2.24, 2.45) is 5.73 Å². The van der Waals surface area contributed by atoms with Gasteiger partial charge in [-0.1, -0.05) is 40.9 Å². The predicted octanol–water partition coefficient (Wildman–Crippen LogP) is 3.46. The van der Waals surface area contributed by atoms with Gasteiger partial charge >= 0.3 is 0 Å². The van der Waals surface area contributed by atoms with Crippen molar-refractivity contribution < 1.29 is 4.79 Å². The molecule has 1 atom stereocenters. The summed E-state index contributed by atoms with van der Waals surface area (Å²) in [5.74, 6) is 0.907. The quantitative estimate of drug-likeness (QED) is 0.756. The van der Waals surface area contributed by atoms with E-state index >= 15 is 0 Å². The smallest absolute Gasteiger partial charge is 0.236 e. The molecule has 0 bridgehead atoms. The standard InChI is InChI=1S/C17H25BrN2OS/c1-22-11-8-15(19)16(21)20-12-17(9-2-3-10-17)13-4-6-14(18)7-5-13/h4-7,15H,2-3,8-12,19H2,1H3,(H,20,21)/t15-/m0/s1. The third-order valence-electron chi connectivity index (χ3n) is 4.59. The molecule has 1 aliphatic carbocycles. The van der Waals surface area contributed by atoms with Gasteiger partial charge in [-0.2, -0.15) is 11.8 Å². The van der Waals surface area contributed by atoms with Crippen molar-refractivity contribution in [1.29, 1.82) is 0 Å². The van der Waals surface area contributed by atoms with Crippen LogP contribution >= 0.6 is 27.7 Å². The molecule has 0 aliphatic heterocycles. The van der Waals surface area contributed by atoms with Crippen LogP contribution in [0, 0.1) is 0 Å². The maximum Gasteiger partial charge on any atom is 0.236 e. The first-order valence-electron chi connectivity index (χ1n) is 7.86. The van der Waals surface area contributed by atoms with Crippen LogP contribution in [-0.4, -0.2) is 30.5 Å². The summed E-state index contributed by atoms with van der Waals surface area (Å²) >= 11 is 5.21. The molecule has 1 saturated carbocycles. The minimum atomic E-state index is -0.393. The molecule has 22 heavy (non-hydrogen) atoms. The highest BCUT2D eigenvalue weighted by Gasteiger charge is 2.36. The summed E-state index contributed by atoms with van der Waals surface area (Å²) < 4.78 is 1.09. The number of halogens is 1. The average Bonchev–Trinajstić information content (AvgIpc) is 3.01. The van der Waals surface area contributed by atoms with Crippen molar-refractivity contribution in [2.45, 2.75) is 43.6 Å². The molecule has 1 aromatic rings. The van der Waals surface area contributed by atoms with Crippen molar-refractivity contribution in [3.05, 3.63) is 34.3 Å². The van der Waals surface area contributed by atoms with Gasteiger partial charge in [-0.25, -0.2) is 0 Å². The fourth-order valence-corrected chi connectivity index (χ4v) is 3.94. The van der Waals surface area contributed by atoms with Crippen LogP contribution in [0.25, 0.3) is 0 Å². The SMILES string of the molecule is CSCC[C@H](N)C(=O)NCC1(c2ccc(Br)cc2)CCCC1. The Morgan fingerprint density at radius 2 is 2.00 bits per heavy atom. The zero-order valence-electron chi connectivity index (χ0n) is 13.1. The lowest BCUT2D eigenvalue weighted by molar-refractivity contribution is -0.122. The van der Waals surface area contributed by atoms with E-state index in [4.69, 9.17) is 5.73 Å². The molecule has 1 fully saturated rings. The molecule has 0 unspecified atom stereocenters. The Balaban J connectivity index is 2.00. The first-order chi connectivity index (χ1) is 10.6. The van der Waals surface area contributed by atoms with Gasteiger partial charge in [0.2, 0.25) is 5.91 Å². The molecule has 3 N–H and O–H groups in total. The van der Waals surface area contributed by atoms with Crippen LogP contribution in [0.15, 0.2) is 28.7 Å². The summed E-state index contributed by atoms with van der Waals surface area (Å²) in [6.45, 7) is 0.695. The number of hydrogen-bond donors (Lipinski definition) is 2. The summed E-state index contributed by atoms with van der Waals surface area (Å²) in [6, 6.07) is 8.13. The molecule has 1 aromatic carbocycles. The van der Waals surface area contributed by atoms with Crippen molar-refractivity contribution in [1.82, 2.24) is 5.32 Å². The Labute approximate surface area is 145 Å². The van der Waals surface area contributed by atoms with Crippen LogP contribution < -0.4 is 11.1 Å². The average molecular weight is 385 g/mol. The second kappa shape index (κ2) is 8.37. The first-order valence-corrected chi connectivity index (χ1v) is 10.0. The molecular weight excluding hydrogens is 360 g/mol. The second-order valence-corrected chi connectivity index (χ2v) is 8.00. The molecule has 2 rings (SSSR count). The minimum Gasteiger partial charge on any atom is -0.354 e. The zero-order valence-corrected chi connectivity index (χ0v) is 15.5. The van der Waals surface area contributed by atoms with Crippen LogP contribution in [0.1, 0.15) is 37.7 Å². The maximum atomic E-state index is 12.2. The van der Waals surface area contributed by atoms with Gasteiger partial charge in [0, 0.05) is 16.4 Å². The van der Waals surface area contributed by atoms with Crippen LogP contribution in [0.5, 0.6) is 0 Å². The van der Waals surface area contributed by atoms with Gasteiger partial charge in [-0.05, 0) is 49.0 Å². The number of rotatable bonds is 7. The Hall–Kier alpha value is -0.520. The lowest BCUT2D eigenvalue weighted by Crippen LogP contribution is -2.46. The Bertz CT molecular complexity index is 486. The summed E-state index contributed by atoms with van der Waals surface area (Å²) in [7, 11) is 0. The summed E-state index contributed by atoms with van der Waals surface area (Å²) in [5.41, 5.74) is 7.36. The highest BCUT2D eigenvalue weighted by Crippen LogP contribution is 2.40. The Kier molecular flexibility index (Phi) is 6.78. The van der Waals surface area contributed by atoms with Crippen LogP contribution in [0.3, 0.4) is 0 Å². The van der Waals surface area contributed by atoms with Crippen molar-refractivity contribution >= 4 is 33.6 Å². The Morgan fingerprint density at radius 3 is 2.59 bits per heavy atom. The molecule has 1 aliphatic rings. The minimum absolute atomic E-state index is 0.0163. The second-order valence-electron chi connectivity index (χ2n) is 6.10.